The molecule has 37 heavy (non-hydrogen) atoms. The van der Waals surface area contributed by atoms with Gasteiger partial charge in [-0.1, -0.05) is 18.2 Å². The zero-order chi connectivity index (χ0) is 25.9. The highest BCUT2D eigenvalue weighted by Crippen LogP contribution is 2.41. The van der Waals surface area contributed by atoms with Crippen LogP contribution < -0.4 is 5.32 Å². The van der Waals surface area contributed by atoms with Crippen molar-refractivity contribution in [2.75, 3.05) is 39.4 Å². The summed E-state index contributed by atoms with van der Waals surface area (Å²) >= 11 is 5.86. The number of ether oxygens (including phenoxy) is 1. The number of benzene rings is 1. The van der Waals surface area contributed by atoms with Crippen LogP contribution in [0, 0.1) is 13.8 Å². The lowest BCUT2D eigenvalue weighted by molar-refractivity contribution is 0.0365. The second-order valence-electron chi connectivity index (χ2n) is 9.61. The minimum atomic E-state index is -0.940. The molecule has 8 nitrogen and oxygen atoms in total. The van der Waals surface area contributed by atoms with Gasteiger partial charge >= 0.3 is 5.97 Å². The minimum Gasteiger partial charge on any atom is -0.478 e. The molecule has 3 aromatic rings. The zero-order valence-electron chi connectivity index (χ0n) is 21.3. The molecule has 0 unspecified atom stereocenters. The molecule has 9 heteroatoms. The van der Waals surface area contributed by atoms with Crippen LogP contribution in [0.5, 0.6) is 0 Å². The first-order valence-corrected chi connectivity index (χ1v) is 13.2. The van der Waals surface area contributed by atoms with E-state index in [9.17, 15) is 9.90 Å². The molecule has 2 fully saturated rings. The molecule has 5 rings (SSSR count). The van der Waals surface area contributed by atoms with Gasteiger partial charge in [-0.15, -0.1) is 0 Å². The second-order valence-corrected chi connectivity index (χ2v) is 10.00. The number of carboxylic acid groups (broad SMARTS) is 1. The van der Waals surface area contributed by atoms with Gasteiger partial charge in [-0.2, -0.15) is 0 Å². The van der Waals surface area contributed by atoms with E-state index in [1.54, 1.807) is 12.1 Å². The predicted octanol–water partition coefficient (Wildman–Crippen LogP) is 3.88. The number of aromatic nitrogens is 2. The number of carboxylic acids is 1. The van der Waals surface area contributed by atoms with Gasteiger partial charge in [0.25, 0.3) is 0 Å². The Morgan fingerprint density at radius 1 is 1.14 bits per heavy atom. The van der Waals surface area contributed by atoms with Crippen molar-refractivity contribution in [2.24, 2.45) is 0 Å². The Hall–Kier alpha value is -3.27. The molecule has 0 aliphatic carbocycles. The van der Waals surface area contributed by atoms with Crippen molar-refractivity contribution in [2.45, 2.75) is 32.4 Å². The van der Waals surface area contributed by atoms with E-state index in [1.165, 1.54) is 0 Å². The van der Waals surface area contributed by atoms with Crippen molar-refractivity contribution >= 4 is 23.3 Å². The Kier molecular flexibility index (Phi) is 7.55. The maximum atomic E-state index is 12.0. The molecule has 2 aromatic heterocycles. The van der Waals surface area contributed by atoms with Crippen LogP contribution in [0.3, 0.4) is 0 Å². The molecule has 0 spiro atoms. The van der Waals surface area contributed by atoms with Crippen LogP contribution in [-0.2, 0) is 4.74 Å². The standard InChI is InChI=1S/C28H33N5O3S/c1-19-18-22(20(2)33(19)24-10-4-3-8-21(24)27(34)35)26-25(23-9-5-6-11-29-23)30-28(37)32(26)13-7-12-31-14-16-36-17-15-31/h3-6,8-11,18,25-26H,7,12-17H2,1-2H3,(H,30,37)(H,34,35)/t25-,26+/m0/s1. The first-order chi connectivity index (χ1) is 18.0. The number of morpholine rings is 1. The average Bonchev–Trinajstić information content (AvgIpc) is 3.39. The van der Waals surface area contributed by atoms with Crippen LogP contribution in [0.15, 0.2) is 54.7 Å². The third kappa shape index (κ3) is 5.12. The molecule has 194 valence electrons. The topological polar surface area (TPSA) is 82.9 Å². The maximum absolute atomic E-state index is 12.0. The third-order valence-corrected chi connectivity index (χ3v) is 7.69. The molecule has 2 aliphatic rings. The highest BCUT2D eigenvalue weighted by molar-refractivity contribution is 7.80. The summed E-state index contributed by atoms with van der Waals surface area (Å²) in [7, 11) is 0. The molecule has 1 aromatic carbocycles. The van der Waals surface area contributed by atoms with Gasteiger partial charge in [-0.25, -0.2) is 4.79 Å². The molecule has 0 bridgehead atoms. The Morgan fingerprint density at radius 3 is 2.62 bits per heavy atom. The number of aryl methyl sites for hydroxylation is 1. The summed E-state index contributed by atoms with van der Waals surface area (Å²) in [5.41, 5.74) is 4.97. The number of pyridine rings is 1. The number of para-hydroxylation sites is 1. The van der Waals surface area contributed by atoms with Crippen molar-refractivity contribution in [3.63, 3.8) is 0 Å². The van der Waals surface area contributed by atoms with E-state index in [2.05, 4.69) is 33.1 Å². The number of hydrogen-bond donors (Lipinski definition) is 2. The fourth-order valence-electron chi connectivity index (χ4n) is 5.58. The molecule has 0 radical (unpaired) electrons. The van der Waals surface area contributed by atoms with Crippen molar-refractivity contribution in [1.82, 2.24) is 24.7 Å². The van der Waals surface area contributed by atoms with Crippen LogP contribution >= 0.6 is 12.2 Å². The molecular formula is C28H33N5O3S. The van der Waals surface area contributed by atoms with Crippen LogP contribution in [-0.4, -0.2) is 74.9 Å². The summed E-state index contributed by atoms with van der Waals surface area (Å²) < 4.78 is 7.54. The third-order valence-electron chi connectivity index (χ3n) is 7.34. The number of aromatic carboxylic acids is 1. The molecule has 2 aliphatic heterocycles. The first kappa shape index (κ1) is 25.4. The van der Waals surface area contributed by atoms with E-state index in [1.807, 2.05) is 48.0 Å². The number of rotatable bonds is 8. The Morgan fingerprint density at radius 2 is 1.89 bits per heavy atom. The summed E-state index contributed by atoms with van der Waals surface area (Å²) in [5.74, 6) is -0.940. The van der Waals surface area contributed by atoms with Crippen LogP contribution in [0.1, 0.15) is 51.5 Å². The largest absolute Gasteiger partial charge is 0.478 e. The zero-order valence-corrected chi connectivity index (χ0v) is 22.1. The lowest BCUT2D eigenvalue weighted by Gasteiger charge is -2.30. The summed E-state index contributed by atoms with van der Waals surface area (Å²) in [4.78, 5) is 21.4. The van der Waals surface area contributed by atoms with E-state index in [-0.39, 0.29) is 17.6 Å². The number of thiocarbonyl (C=S) groups is 1. The SMILES string of the molecule is Cc1cc([C@@H]2[C@H](c3ccccn3)NC(=S)N2CCCN2CCOCC2)c(C)n1-c1ccccc1C(=O)O. The predicted molar refractivity (Wildman–Crippen MR) is 146 cm³/mol. The maximum Gasteiger partial charge on any atom is 0.337 e. The molecule has 4 heterocycles. The fraction of sp³-hybridized carbons (Fsp3) is 0.393. The van der Waals surface area contributed by atoms with Gasteiger partial charge in [0.15, 0.2) is 5.11 Å². The molecule has 2 atom stereocenters. The smallest absolute Gasteiger partial charge is 0.337 e. The molecule has 2 N–H and O–H groups in total. The Balaban J connectivity index is 1.51. The number of hydrogen-bond acceptors (Lipinski definition) is 5. The molecule has 2 saturated heterocycles. The minimum absolute atomic E-state index is 0.0657. The van der Waals surface area contributed by atoms with E-state index in [0.717, 1.165) is 73.6 Å². The van der Waals surface area contributed by atoms with E-state index in [4.69, 9.17) is 17.0 Å². The average molecular weight is 520 g/mol. The second kappa shape index (κ2) is 11.0. The van der Waals surface area contributed by atoms with Crippen molar-refractivity contribution in [3.05, 3.63) is 82.9 Å². The Bertz CT molecular complexity index is 1270. The van der Waals surface area contributed by atoms with Gasteiger partial charge in [-0.05, 0) is 68.4 Å². The molecular weight excluding hydrogens is 486 g/mol. The van der Waals surface area contributed by atoms with Gasteiger partial charge in [0, 0.05) is 43.8 Å². The van der Waals surface area contributed by atoms with Gasteiger partial charge in [0.05, 0.1) is 42.2 Å². The van der Waals surface area contributed by atoms with E-state index in [0.29, 0.717) is 5.69 Å². The van der Waals surface area contributed by atoms with Crippen LogP contribution in [0.25, 0.3) is 5.69 Å². The Labute approximate surface area is 222 Å². The van der Waals surface area contributed by atoms with Crippen LogP contribution in [0.4, 0.5) is 0 Å². The summed E-state index contributed by atoms with van der Waals surface area (Å²) in [6.45, 7) is 9.40. The molecule has 0 saturated carbocycles. The normalized spacial score (nSPS) is 20.3. The highest BCUT2D eigenvalue weighted by atomic mass is 32.1. The number of carbonyl (C=O) groups is 1. The lowest BCUT2D eigenvalue weighted by atomic mass is 9.96. The lowest BCUT2D eigenvalue weighted by Crippen LogP contribution is -2.39. The van der Waals surface area contributed by atoms with Crippen molar-refractivity contribution in [1.29, 1.82) is 0 Å². The summed E-state index contributed by atoms with van der Waals surface area (Å²) in [6, 6.07) is 15.1. The van der Waals surface area contributed by atoms with Gasteiger partial charge in [-0.3, -0.25) is 9.88 Å². The summed E-state index contributed by atoms with van der Waals surface area (Å²) in [6.07, 6.45) is 2.79. The van der Waals surface area contributed by atoms with Gasteiger partial charge in [0.1, 0.15) is 0 Å². The van der Waals surface area contributed by atoms with E-state index >= 15 is 0 Å². The van der Waals surface area contributed by atoms with E-state index < -0.39 is 5.97 Å². The summed E-state index contributed by atoms with van der Waals surface area (Å²) in [5, 5.41) is 14.1. The number of nitrogens with zero attached hydrogens (tertiary/aromatic N) is 4. The quantitative estimate of drug-likeness (QED) is 0.434. The van der Waals surface area contributed by atoms with Crippen molar-refractivity contribution in [3.8, 4) is 5.69 Å². The highest BCUT2D eigenvalue weighted by Gasteiger charge is 2.41. The molecule has 0 amide bonds. The first-order valence-electron chi connectivity index (χ1n) is 12.8. The monoisotopic (exact) mass is 519 g/mol. The van der Waals surface area contributed by atoms with Crippen molar-refractivity contribution < 1.29 is 14.6 Å². The number of nitrogens with one attached hydrogen (secondary N) is 1. The van der Waals surface area contributed by atoms with Gasteiger partial charge in [0.2, 0.25) is 0 Å². The van der Waals surface area contributed by atoms with Gasteiger partial charge < -0.3 is 24.6 Å². The fourth-order valence-corrected chi connectivity index (χ4v) is 5.91. The van der Waals surface area contributed by atoms with Crippen LogP contribution in [0.2, 0.25) is 0 Å².